The maximum Gasteiger partial charge on any atom is 0.0821 e. The Morgan fingerprint density at radius 2 is 2.31 bits per heavy atom. The van der Waals surface area contributed by atoms with Crippen molar-refractivity contribution < 1.29 is 4.74 Å². The second-order valence-electron chi connectivity index (χ2n) is 3.99. The van der Waals surface area contributed by atoms with E-state index in [0.29, 0.717) is 12.1 Å². The number of hydrogen-bond acceptors (Lipinski definition) is 3. The van der Waals surface area contributed by atoms with E-state index in [1.165, 1.54) is 30.8 Å². The van der Waals surface area contributed by atoms with Crippen molar-refractivity contribution in [2.24, 2.45) is 5.92 Å². The molecule has 2 atom stereocenters. The van der Waals surface area contributed by atoms with Crippen molar-refractivity contribution >= 4 is 11.8 Å². The molecule has 0 aromatic carbocycles. The molecule has 2 unspecified atom stereocenters. The summed E-state index contributed by atoms with van der Waals surface area (Å²) in [7, 11) is 2.08. The van der Waals surface area contributed by atoms with Crippen molar-refractivity contribution in [2.45, 2.75) is 31.4 Å². The van der Waals surface area contributed by atoms with Gasteiger partial charge in [0.2, 0.25) is 0 Å². The summed E-state index contributed by atoms with van der Waals surface area (Å²) < 4.78 is 5.80. The highest BCUT2D eigenvalue weighted by Crippen LogP contribution is 2.33. The second kappa shape index (κ2) is 4.67. The zero-order valence-electron chi connectivity index (χ0n) is 8.29. The molecule has 1 heterocycles. The lowest BCUT2D eigenvalue weighted by Gasteiger charge is -2.39. The van der Waals surface area contributed by atoms with E-state index in [0.717, 1.165) is 12.5 Å². The van der Waals surface area contributed by atoms with Crippen LogP contribution >= 0.6 is 11.8 Å². The molecule has 0 amide bonds. The van der Waals surface area contributed by atoms with E-state index in [1.807, 2.05) is 11.8 Å². The standard InChI is InChI=1S/C10H19NOS/c1-11-10(8-3-2-4-8)9-7-13-6-5-12-9/h8-11H,2-7H2,1H3. The molecule has 1 saturated carbocycles. The molecule has 2 nitrogen and oxygen atoms in total. The summed E-state index contributed by atoms with van der Waals surface area (Å²) >= 11 is 2.03. The Balaban J connectivity index is 1.86. The normalized spacial score (nSPS) is 32.5. The van der Waals surface area contributed by atoms with Gasteiger partial charge in [0.25, 0.3) is 0 Å². The van der Waals surface area contributed by atoms with E-state index in [1.54, 1.807) is 0 Å². The fraction of sp³-hybridized carbons (Fsp3) is 1.00. The summed E-state index contributed by atoms with van der Waals surface area (Å²) in [6.07, 6.45) is 4.68. The van der Waals surface area contributed by atoms with Gasteiger partial charge in [-0.3, -0.25) is 0 Å². The Kier molecular flexibility index (Phi) is 3.52. The molecule has 3 heteroatoms. The Morgan fingerprint density at radius 3 is 2.77 bits per heavy atom. The van der Waals surface area contributed by atoms with Crippen molar-refractivity contribution in [1.29, 1.82) is 0 Å². The van der Waals surface area contributed by atoms with Crippen molar-refractivity contribution in [3.05, 3.63) is 0 Å². The Hall–Kier alpha value is 0.270. The average molecular weight is 201 g/mol. The molecule has 1 aliphatic heterocycles. The maximum absolute atomic E-state index is 5.80. The van der Waals surface area contributed by atoms with E-state index in [-0.39, 0.29) is 0 Å². The summed E-state index contributed by atoms with van der Waals surface area (Å²) in [5.74, 6) is 3.24. The lowest BCUT2D eigenvalue weighted by molar-refractivity contribution is 0.0182. The van der Waals surface area contributed by atoms with Crippen LogP contribution in [0.25, 0.3) is 0 Å². The molecule has 0 spiro atoms. The van der Waals surface area contributed by atoms with Crippen molar-refractivity contribution in [2.75, 3.05) is 25.2 Å². The van der Waals surface area contributed by atoms with Gasteiger partial charge in [-0.05, 0) is 25.8 Å². The lowest BCUT2D eigenvalue weighted by Crippen LogP contribution is -2.49. The van der Waals surface area contributed by atoms with Gasteiger partial charge in [0, 0.05) is 17.5 Å². The Morgan fingerprint density at radius 1 is 1.46 bits per heavy atom. The summed E-state index contributed by atoms with van der Waals surface area (Å²) in [6, 6.07) is 0.613. The molecule has 2 aliphatic rings. The van der Waals surface area contributed by atoms with Gasteiger partial charge in [-0.1, -0.05) is 6.42 Å². The summed E-state index contributed by atoms with van der Waals surface area (Å²) in [5.41, 5.74) is 0. The third-order valence-corrected chi connectivity index (χ3v) is 4.25. The molecule has 0 aromatic heterocycles. The highest BCUT2D eigenvalue weighted by molar-refractivity contribution is 7.99. The van der Waals surface area contributed by atoms with Gasteiger partial charge >= 0.3 is 0 Å². The Bertz CT molecular complexity index is 155. The molecule has 1 aliphatic carbocycles. The number of nitrogens with one attached hydrogen (secondary N) is 1. The van der Waals surface area contributed by atoms with Gasteiger partial charge in [-0.15, -0.1) is 0 Å². The molecule has 0 bridgehead atoms. The third-order valence-electron chi connectivity index (χ3n) is 3.23. The second-order valence-corrected chi connectivity index (χ2v) is 5.14. The molecule has 2 fully saturated rings. The maximum atomic E-state index is 5.80. The minimum absolute atomic E-state index is 0.467. The Labute approximate surface area is 84.8 Å². The number of ether oxygens (including phenoxy) is 1. The molecule has 0 radical (unpaired) electrons. The number of thioether (sulfide) groups is 1. The molecule has 2 rings (SSSR count). The molecule has 76 valence electrons. The third kappa shape index (κ3) is 2.20. The van der Waals surface area contributed by atoms with Crippen molar-refractivity contribution in [1.82, 2.24) is 5.32 Å². The minimum atomic E-state index is 0.467. The first-order valence-corrected chi connectivity index (χ1v) is 6.44. The monoisotopic (exact) mass is 201 g/mol. The fourth-order valence-electron chi connectivity index (χ4n) is 2.24. The van der Waals surface area contributed by atoms with Crippen molar-refractivity contribution in [3.63, 3.8) is 0 Å². The SMILES string of the molecule is CNC(C1CCC1)C1CSCCO1. The zero-order chi connectivity index (χ0) is 9.10. The minimum Gasteiger partial charge on any atom is -0.375 e. The first-order valence-electron chi connectivity index (χ1n) is 5.28. The van der Waals surface area contributed by atoms with Crippen LogP contribution in [0.2, 0.25) is 0 Å². The molecule has 1 saturated heterocycles. The van der Waals surface area contributed by atoms with Gasteiger partial charge in [0.15, 0.2) is 0 Å². The van der Waals surface area contributed by atoms with Gasteiger partial charge in [0.1, 0.15) is 0 Å². The van der Waals surface area contributed by atoms with Crippen LogP contribution in [0, 0.1) is 5.92 Å². The van der Waals surface area contributed by atoms with Gasteiger partial charge in [0.05, 0.1) is 12.7 Å². The highest BCUT2D eigenvalue weighted by Gasteiger charge is 2.33. The summed E-state index contributed by atoms with van der Waals surface area (Å²) in [4.78, 5) is 0. The smallest absolute Gasteiger partial charge is 0.0821 e. The van der Waals surface area contributed by atoms with Crippen LogP contribution in [0.5, 0.6) is 0 Å². The fourth-order valence-corrected chi connectivity index (χ4v) is 3.15. The number of hydrogen-bond donors (Lipinski definition) is 1. The quantitative estimate of drug-likeness (QED) is 0.748. The lowest BCUT2D eigenvalue weighted by atomic mass is 9.78. The van der Waals surface area contributed by atoms with Crippen LogP contribution in [-0.2, 0) is 4.74 Å². The summed E-state index contributed by atoms with van der Waals surface area (Å²) in [5, 5.41) is 3.44. The predicted molar refractivity (Wildman–Crippen MR) is 57.3 cm³/mol. The van der Waals surface area contributed by atoms with E-state index in [2.05, 4.69) is 12.4 Å². The summed E-state index contributed by atoms with van der Waals surface area (Å²) in [6.45, 7) is 0.945. The first-order chi connectivity index (χ1) is 6.42. The number of rotatable bonds is 3. The zero-order valence-corrected chi connectivity index (χ0v) is 9.11. The van der Waals surface area contributed by atoms with Crippen LogP contribution in [0.1, 0.15) is 19.3 Å². The van der Waals surface area contributed by atoms with E-state index in [9.17, 15) is 0 Å². The molecule has 1 N–H and O–H groups in total. The van der Waals surface area contributed by atoms with Crippen LogP contribution in [-0.4, -0.2) is 37.3 Å². The van der Waals surface area contributed by atoms with Crippen LogP contribution in [0.4, 0.5) is 0 Å². The van der Waals surface area contributed by atoms with Crippen LogP contribution in [0.15, 0.2) is 0 Å². The number of likely N-dealkylation sites (N-methyl/N-ethyl adjacent to an activating group) is 1. The van der Waals surface area contributed by atoms with Gasteiger partial charge in [-0.2, -0.15) is 11.8 Å². The predicted octanol–water partition coefficient (Wildman–Crippen LogP) is 1.51. The molecular weight excluding hydrogens is 182 g/mol. The van der Waals surface area contributed by atoms with E-state index in [4.69, 9.17) is 4.74 Å². The van der Waals surface area contributed by atoms with Crippen LogP contribution in [0.3, 0.4) is 0 Å². The van der Waals surface area contributed by atoms with E-state index >= 15 is 0 Å². The first kappa shape index (κ1) is 9.81. The molecule has 13 heavy (non-hydrogen) atoms. The molecule has 0 aromatic rings. The highest BCUT2D eigenvalue weighted by atomic mass is 32.2. The topological polar surface area (TPSA) is 21.3 Å². The average Bonchev–Trinajstić information content (AvgIpc) is 2.12. The van der Waals surface area contributed by atoms with E-state index < -0.39 is 0 Å². The van der Waals surface area contributed by atoms with Crippen LogP contribution < -0.4 is 5.32 Å². The van der Waals surface area contributed by atoms with Gasteiger partial charge in [-0.25, -0.2) is 0 Å². The molecular formula is C10H19NOS. The van der Waals surface area contributed by atoms with Gasteiger partial charge < -0.3 is 10.1 Å². The van der Waals surface area contributed by atoms with Crippen molar-refractivity contribution in [3.8, 4) is 0 Å². The largest absolute Gasteiger partial charge is 0.375 e.